The molecule has 0 aliphatic carbocycles. The second kappa shape index (κ2) is 11.6. The van der Waals surface area contributed by atoms with Crippen molar-refractivity contribution >= 4 is 0 Å². The molecule has 0 aromatic heterocycles. The third-order valence-corrected chi connectivity index (χ3v) is 3.66. The van der Waals surface area contributed by atoms with Crippen LogP contribution in [0, 0.1) is 0 Å². The maximum absolute atomic E-state index is 12.2. The van der Waals surface area contributed by atoms with Gasteiger partial charge in [-0.2, -0.15) is 0 Å². The highest BCUT2D eigenvalue weighted by molar-refractivity contribution is 5.30. The van der Waals surface area contributed by atoms with E-state index >= 15 is 0 Å². The molecular formula is C18H27F3. The first kappa shape index (κ1) is 18.1. The summed E-state index contributed by atoms with van der Waals surface area (Å²) in [5.74, 6) is 0. The molecule has 0 aliphatic heterocycles. The van der Waals surface area contributed by atoms with Crippen molar-refractivity contribution in [1.29, 1.82) is 0 Å². The molecule has 120 valence electrons. The lowest BCUT2D eigenvalue weighted by atomic mass is 9.96. The zero-order chi connectivity index (χ0) is 15.3. The molecule has 0 N–H and O–H groups in total. The van der Waals surface area contributed by atoms with Crippen molar-refractivity contribution in [3.63, 3.8) is 0 Å². The highest BCUT2D eigenvalue weighted by atomic mass is 19.1. The first-order chi connectivity index (χ1) is 10.3. The average Bonchev–Trinajstić information content (AvgIpc) is 2.48. The molecule has 0 saturated heterocycles. The summed E-state index contributed by atoms with van der Waals surface area (Å²) in [6, 6.07) is 6.49. The minimum absolute atomic E-state index is 0.264. The smallest absolute Gasteiger partial charge is 0.0894 e. The maximum atomic E-state index is 12.2. The average molecular weight is 300 g/mol. The Kier molecular flexibility index (Phi) is 10.0. The minimum Gasteiger partial charge on any atom is -0.251 e. The van der Waals surface area contributed by atoms with Crippen LogP contribution in [0.15, 0.2) is 18.2 Å². The fourth-order valence-corrected chi connectivity index (χ4v) is 2.54. The van der Waals surface area contributed by atoms with E-state index in [1.54, 1.807) is 0 Å². The number of unbranched alkanes of at least 4 members (excludes halogenated alkanes) is 3. The van der Waals surface area contributed by atoms with Crippen LogP contribution < -0.4 is 0 Å². The Morgan fingerprint density at radius 2 is 0.762 bits per heavy atom. The van der Waals surface area contributed by atoms with Crippen LogP contribution in [0.4, 0.5) is 13.2 Å². The summed E-state index contributed by atoms with van der Waals surface area (Å²) < 4.78 is 36.6. The Bertz CT molecular complexity index is 307. The van der Waals surface area contributed by atoms with Gasteiger partial charge in [-0.3, -0.25) is 13.2 Å². The Balaban J connectivity index is 2.65. The van der Waals surface area contributed by atoms with Crippen molar-refractivity contribution in [3.8, 4) is 0 Å². The monoisotopic (exact) mass is 300 g/mol. The van der Waals surface area contributed by atoms with Crippen molar-refractivity contribution in [2.45, 2.75) is 57.8 Å². The first-order valence-electron chi connectivity index (χ1n) is 8.09. The van der Waals surface area contributed by atoms with Crippen molar-refractivity contribution in [2.24, 2.45) is 0 Å². The van der Waals surface area contributed by atoms with Crippen LogP contribution >= 0.6 is 0 Å². The van der Waals surface area contributed by atoms with Gasteiger partial charge in [0.1, 0.15) is 0 Å². The van der Waals surface area contributed by atoms with E-state index in [4.69, 9.17) is 0 Å². The van der Waals surface area contributed by atoms with Gasteiger partial charge in [-0.05, 0) is 74.5 Å². The van der Waals surface area contributed by atoms with Crippen LogP contribution in [-0.2, 0) is 19.3 Å². The van der Waals surface area contributed by atoms with E-state index in [1.165, 1.54) is 16.7 Å². The summed E-state index contributed by atoms with van der Waals surface area (Å²) in [4.78, 5) is 0. The van der Waals surface area contributed by atoms with Crippen LogP contribution in [-0.4, -0.2) is 20.0 Å². The maximum Gasteiger partial charge on any atom is 0.0894 e. The van der Waals surface area contributed by atoms with E-state index in [2.05, 4.69) is 18.2 Å². The Morgan fingerprint density at radius 3 is 1.00 bits per heavy atom. The highest BCUT2D eigenvalue weighted by Gasteiger charge is 2.03. The van der Waals surface area contributed by atoms with E-state index in [0.717, 1.165) is 38.5 Å². The number of aryl methyl sites for hydroxylation is 3. The molecule has 1 aromatic rings. The predicted molar refractivity (Wildman–Crippen MR) is 83.2 cm³/mol. The molecule has 1 rings (SSSR count). The van der Waals surface area contributed by atoms with Crippen LogP contribution in [0.1, 0.15) is 55.2 Å². The number of hydrogen-bond donors (Lipinski definition) is 0. The Labute approximate surface area is 126 Å². The van der Waals surface area contributed by atoms with Crippen LogP contribution in [0.2, 0.25) is 0 Å². The van der Waals surface area contributed by atoms with Gasteiger partial charge in [0.15, 0.2) is 0 Å². The molecule has 1 aromatic carbocycles. The third-order valence-electron chi connectivity index (χ3n) is 3.66. The molecule has 0 fully saturated rings. The Hall–Kier alpha value is -0.990. The topological polar surface area (TPSA) is 0 Å². The highest BCUT2D eigenvalue weighted by Crippen LogP contribution is 2.17. The number of alkyl halides is 3. The summed E-state index contributed by atoms with van der Waals surface area (Å²) in [5.41, 5.74) is 3.70. The predicted octanol–water partition coefficient (Wildman–Crippen LogP) is 5.56. The summed E-state index contributed by atoms with van der Waals surface area (Å²) in [6.07, 6.45) is 7.03. The number of halogens is 3. The van der Waals surface area contributed by atoms with Gasteiger partial charge in [0.05, 0.1) is 20.0 Å². The summed E-state index contributed by atoms with van der Waals surface area (Å²) >= 11 is 0. The van der Waals surface area contributed by atoms with Crippen molar-refractivity contribution < 1.29 is 13.2 Å². The van der Waals surface area contributed by atoms with E-state index < -0.39 is 0 Å². The second-order valence-corrected chi connectivity index (χ2v) is 5.60. The van der Waals surface area contributed by atoms with E-state index in [0.29, 0.717) is 19.3 Å². The lowest BCUT2D eigenvalue weighted by Crippen LogP contribution is -1.96. The molecule has 3 heteroatoms. The molecular weight excluding hydrogens is 273 g/mol. The van der Waals surface area contributed by atoms with Gasteiger partial charge < -0.3 is 0 Å². The van der Waals surface area contributed by atoms with Crippen LogP contribution in [0.3, 0.4) is 0 Å². The summed E-state index contributed by atoms with van der Waals surface area (Å²) in [5, 5.41) is 0. The van der Waals surface area contributed by atoms with Crippen LogP contribution in [0.5, 0.6) is 0 Å². The molecule has 0 saturated carbocycles. The lowest BCUT2D eigenvalue weighted by molar-refractivity contribution is 0.461. The van der Waals surface area contributed by atoms with Crippen LogP contribution in [0.25, 0.3) is 0 Å². The van der Waals surface area contributed by atoms with E-state index in [1.807, 2.05) is 0 Å². The van der Waals surface area contributed by atoms with Crippen molar-refractivity contribution in [1.82, 2.24) is 0 Å². The van der Waals surface area contributed by atoms with Gasteiger partial charge in [0.25, 0.3) is 0 Å². The molecule has 0 nitrogen and oxygen atoms in total. The van der Waals surface area contributed by atoms with E-state index in [-0.39, 0.29) is 20.0 Å². The quantitative estimate of drug-likeness (QED) is 0.443. The largest absolute Gasteiger partial charge is 0.251 e. The molecule has 0 radical (unpaired) electrons. The first-order valence-corrected chi connectivity index (χ1v) is 8.09. The number of benzene rings is 1. The minimum atomic E-state index is -0.264. The van der Waals surface area contributed by atoms with Gasteiger partial charge >= 0.3 is 0 Å². The van der Waals surface area contributed by atoms with Gasteiger partial charge in [0.2, 0.25) is 0 Å². The number of hydrogen-bond acceptors (Lipinski definition) is 0. The molecule has 0 bridgehead atoms. The van der Waals surface area contributed by atoms with Crippen molar-refractivity contribution in [3.05, 3.63) is 34.9 Å². The molecule has 0 aliphatic rings. The SMILES string of the molecule is FCCCCc1cc(CCCCF)cc(CCCCF)c1. The zero-order valence-electron chi connectivity index (χ0n) is 12.9. The van der Waals surface area contributed by atoms with Gasteiger partial charge in [-0.1, -0.05) is 18.2 Å². The third kappa shape index (κ3) is 8.13. The van der Waals surface area contributed by atoms with Gasteiger partial charge in [-0.25, -0.2) is 0 Å². The standard InChI is InChI=1S/C18H27F3/c19-10-4-1-7-16-13-17(8-2-5-11-20)15-18(14-16)9-3-6-12-21/h13-15H,1-12H2. The zero-order valence-corrected chi connectivity index (χ0v) is 12.9. The Morgan fingerprint density at radius 1 is 0.476 bits per heavy atom. The summed E-state index contributed by atoms with van der Waals surface area (Å²) in [7, 11) is 0. The normalized spacial score (nSPS) is 11.0. The molecule has 21 heavy (non-hydrogen) atoms. The molecule has 0 spiro atoms. The summed E-state index contributed by atoms with van der Waals surface area (Å²) in [6.45, 7) is -0.793. The molecule has 0 heterocycles. The second-order valence-electron chi connectivity index (χ2n) is 5.60. The fourth-order valence-electron chi connectivity index (χ4n) is 2.54. The van der Waals surface area contributed by atoms with Crippen molar-refractivity contribution in [2.75, 3.05) is 20.0 Å². The van der Waals surface area contributed by atoms with Gasteiger partial charge in [-0.15, -0.1) is 0 Å². The fraction of sp³-hybridized carbons (Fsp3) is 0.667. The number of rotatable bonds is 12. The van der Waals surface area contributed by atoms with E-state index in [9.17, 15) is 13.2 Å². The molecule has 0 atom stereocenters. The molecule has 0 amide bonds. The van der Waals surface area contributed by atoms with Gasteiger partial charge in [0, 0.05) is 0 Å². The lowest BCUT2D eigenvalue weighted by Gasteiger charge is -2.10. The molecule has 0 unspecified atom stereocenters.